The predicted molar refractivity (Wildman–Crippen MR) is 37.5 cm³/mol. The van der Waals surface area contributed by atoms with Gasteiger partial charge in [0.25, 0.3) is 0 Å². The topological polar surface area (TPSA) is 63.3 Å². The van der Waals surface area contributed by atoms with Gasteiger partial charge in [-0.3, -0.25) is 4.79 Å². The molecule has 1 fully saturated rings. The maximum Gasteiger partial charge on any atom is 0.306 e. The normalized spacial score (nSPS) is 32.5. The number of carbonyl (C=O) groups is 1. The summed E-state index contributed by atoms with van der Waals surface area (Å²) in [6.45, 7) is 0.525. The zero-order valence-corrected chi connectivity index (χ0v) is 5.92. The SMILES string of the molecule is NC[C@@H]1CCC[C@H]1C(=O)O. The first-order valence-corrected chi connectivity index (χ1v) is 3.68. The van der Waals surface area contributed by atoms with Gasteiger partial charge < -0.3 is 10.8 Å². The number of nitrogens with two attached hydrogens (primary N) is 1. The average Bonchev–Trinajstić information content (AvgIpc) is 2.33. The van der Waals surface area contributed by atoms with Crippen LogP contribution in [0, 0.1) is 11.8 Å². The van der Waals surface area contributed by atoms with Crippen molar-refractivity contribution < 1.29 is 9.90 Å². The molecule has 1 saturated carbocycles. The Balaban J connectivity index is 2.50. The standard InChI is InChI=1S/C7H13NO2/c8-4-5-2-1-3-6(5)7(9)10/h5-6H,1-4,8H2,(H,9,10)/t5-,6+/m0/s1. The second-order valence-electron chi connectivity index (χ2n) is 2.87. The summed E-state index contributed by atoms with van der Waals surface area (Å²) >= 11 is 0. The minimum Gasteiger partial charge on any atom is -0.481 e. The first kappa shape index (κ1) is 7.54. The van der Waals surface area contributed by atoms with Gasteiger partial charge in [-0.1, -0.05) is 6.42 Å². The van der Waals surface area contributed by atoms with E-state index in [1.807, 2.05) is 0 Å². The lowest BCUT2D eigenvalue weighted by Gasteiger charge is -2.11. The highest BCUT2D eigenvalue weighted by atomic mass is 16.4. The third-order valence-corrected chi connectivity index (χ3v) is 2.28. The first-order chi connectivity index (χ1) is 4.75. The van der Waals surface area contributed by atoms with Crippen molar-refractivity contribution in [1.29, 1.82) is 0 Å². The van der Waals surface area contributed by atoms with Gasteiger partial charge in [0, 0.05) is 0 Å². The molecule has 3 nitrogen and oxygen atoms in total. The van der Waals surface area contributed by atoms with Crippen LogP contribution in [0.3, 0.4) is 0 Å². The molecule has 0 aliphatic heterocycles. The molecule has 3 N–H and O–H groups in total. The average molecular weight is 143 g/mol. The molecule has 2 atom stereocenters. The zero-order valence-electron chi connectivity index (χ0n) is 5.92. The minimum atomic E-state index is -0.673. The van der Waals surface area contributed by atoms with Crippen molar-refractivity contribution in [2.24, 2.45) is 17.6 Å². The van der Waals surface area contributed by atoms with Crippen molar-refractivity contribution in [2.75, 3.05) is 6.54 Å². The quantitative estimate of drug-likeness (QED) is 0.589. The maximum absolute atomic E-state index is 10.5. The number of hydrogen-bond donors (Lipinski definition) is 2. The summed E-state index contributed by atoms with van der Waals surface area (Å²) in [5.74, 6) is -0.601. The third kappa shape index (κ3) is 1.29. The van der Waals surface area contributed by atoms with Crippen LogP contribution in [0.1, 0.15) is 19.3 Å². The van der Waals surface area contributed by atoms with E-state index in [2.05, 4.69) is 0 Å². The van der Waals surface area contributed by atoms with Gasteiger partial charge in [-0.2, -0.15) is 0 Å². The molecular formula is C7H13NO2. The van der Waals surface area contributed by atoms with E-state index in [4.69, 9.17) is 10.8 Å². The van der Waals surface area contributed by atoms with E-state index >= 15 is 0 Å². The summed E-state index contributed by atoms with van der Waals surface area (Å²) in [6.07, 6.45) is 2.84. The van der Waals surface area contributed by atoms with E-state index in [9.17, 15) is 4.79 Å². The van der Waals surface area contributed by atoms with Crippen LogP contribution in [-0.4, -0.2) is 17.6 Å². The second-order valence-corrected chi connectivity index (χ2v) is 2.87. The fourth-order valence-electron chi connectivity index (χ4n) is 1.64. The van der Waals surface area contributed by atoms with Crippen molar-refractivity contribution in [3.63, 3.8) is 0 Å². The van der Waals surface area contributed by atoms with E-state index in [-0.39, 0.29) is 11.8 Å². The highest BCUT2D eigenvalue weighted by Gasteiger charge is 2.31. The first-order valence-electron chi connectivity index (χ1n) is 3.68. The molecule has 0 radical (unpaired) electrons. The van der Waals surface area contributed by atoms with Crippen LogP contribution < -0.4 is 5.73 Å². The van der Waals surface area contributed by atoms with Gasteiger partial charge in [0.1, 0.15) is 0 Å². The summed E-state index contributed by atoms with van der Waals surface area (Å²) in [5.41, 5.74) is 5.40. The molecule has 10 heavy (non-hydrogen) atoms. The Kier molecular flexibility index (Phi) is 2.27. The highest BCUT2D eigenvalue weighted by molar-refractivity contribution is 5.70. The van der Waals surface area contributed by atoms with Gasteiger partial charge in [0.15, 0.2) is 0 Å². The summed E-state index contributed by atoms with van der Waals surface area (Å²) in [4.78, 5) is 10.5. The number of carboxylic acids is 1. The van der Waals surface area contributed by atoms with E-state index in [1.165, 1.54) is 0 Å². The fraction of sp³-hybridized carbons (Fsp3) is 0.857. The molecule has 3 heteroatoms. The molecule has 0 aromatic carbocycles. The molecule has 0 amide bonds. The molecule has 0 heterocycles. The Morgan fingerprint density at radius 2 is 2.30 bits per heavy atom. The Bertz CT molecular complexity index is 136. The van der Waals surface area contributed by atoms with E-state index < -0.39 is 5.97 Å². The summed E-state index contributed by atoms with van der Waals surface area (Å²) in [5, 5.41) is 8.66. The predicted octanol–water partition coefficient (Wildman–Crippen LogP) is 0.446. The van der Waals surface area contributed by atoms with Gasteiger partial charge in [0.05, 0.1) is 5.92 Å². The van der Waals surface area contributed by atoms with Crippen molar-refractivity contribution in [1.82, 2.24) is 0 Å². The van der Waals surface area contributed by atoms with Crippen LogP contribution >= 0.6 is 0 Å². The molecule has 0 unspecified atom stereocenters. The zero-order chi connectivity index (χ0) is 7.56. The van der Waals surface area contributed by atoms with Gasteiger partial charge in [-0.25, -0.2) is 0 Å². The molecule has 0 spiro atoms. The largest absolute Gasteiger partial charge is 0.481 e. The van der Waals surface area contributed by atoms with Crippen LogP contribution in [0.2, 0.25) is 0 Å². The molecule has 0 saturated heterocycles. The molecule has 1 aliphatic rings. The molecular weight excluding hydrogens is 130 g/mol. The van der Waals surface area contributed by atoms with Gasteiger partial charge >= 0.3 is 5.97 Å². The van der Waals surface area contributed by atoms with Gasteiger partial charge in [-0.15, -0.1) is 0 Å². The van der Waals surface area contributed by atoms with E-state index in [1.54, 1.807) is 0 Å². The number of carboxylic acid groups (broad SMARTS) is 1. The third-order valence-electron chi connectivity index (χ3n) is 2.28. The molecule has 0 bridgehead atoms. The molecule has 1 rings (SSSR count). The lowest BCUT2D eigenvalue weighted by atomic mass is 9.97. The van der Waals surface area contributed by atoms with Crippen LogP contribution in [-0.2, 0) is 4.79 Å². The maximum atomic E-state index is 10.5. The smallest absolute Gasteiger partial charge is 0.306 e. The number of rotatable bonds is 2. The van der Waals surface area contributed by atoms with Crippen molar-refractivity contribution >= 4 is 5.97 Å². The molecule has 0 aromatic rings. The Labute approximate surface area is 60.2 Å². The van der Waals surface area contributed by atoms with Crippen molar-refractivity contribution in [2.45, 2.75) is 19.3 Å². The van der Waals surface area contributed by atoms with E-state index in [0.29, 0.717) is 6.54 Å². The fourth-order valence-corrected chi connectivity index (χ4v) is 1.64. The lowest BCUT2D eigenvalue weighted by Crippen LogP contribution is -2.24. The number of aliphatic carboxylic acids is 1. The van der Waals surface area contributed by atoms with Crippen LogP contribution in [0.15, 0.2) is 0 Å². The Morgan fingerprint density at radius 1 is 1.60 bits per heavy atom. The lowest BCUT2D eigenvalue weighted by molar-refractivity contribution is -0.142. The van der Waals surface area contributed by atoms with E-state index in [0.717, 1.165) is 19.3 Å². The van der Waals surface area contributed by atoms with Crippen LogP contribution in [0.25, 0.3) is 0 Å². The highest BCUT2D eigenvalue weighted by Crippen LogP contribution is 2.30. The summed E-state index contributed by atoms with van der Waals surface area (Å²) < 4.78 is 0. The van der Waals surface area contributed by atoms with Crippen LogP contribution in [0.5, 0.6) is 0 Å². The molecule has 58 valence electrons. The summed E-state index contributed by atoms with van der Waals surface area (Å²) in [6, 6.07) is 0. The summed E-state index contributed by atoms with van der Waals surface area (Å²) in [7, 11) is 0. The Morgan fingerprint density at radius 3 is 2.70 bits per heavy atom. The van der Waals surface area contributed by atoms with Gasteiger partial charge in [-0.05, 0) is 25.3 Å². The monoisotopic (exact) mass is 143 g/mol. The molecule has 1 aliphatic carbocycles. The molecule has 0 aromatic heterocycles. The van der Waals surface area contributed by atoms with Crippen LogP contribution in [0.4, 0.5) is 0 Å². The van der Waals surface area contributed by atoms with Crippen molar-refractivity contribution in [3.05, 3.63) is 0 Å². The minimum absolute atomic E-state index is 0.162. The van der Waals surface area contributed by atoms with Gasteiger partial charge in [0.2, 0.25) is 0 Å². The Hall–Kier alpha value is -0.570. The number of hydrogen-bond acceptors (Lipinski definition) is 2. The second kappa shape index (κ2) is 3.01. The van der Waals surface area contributed by atoms with Crippen molar-refractivity contribution in [3.8, 4) is 0 Å².